The molecule has 3 heteroatoms. The third-order valence-electron chi connectivity index (χ3n) is 1.60. The molecular weight excluding hydrogens is 302 g/mol. The summed E-state index contributed by atoms with van der Waals surface area (Å²) in [6, 6.07) is 9.91. The van der Waals surface area contributed by atoms with Crippen LogP contribution in [0.5, 0.6) is 0 Å². The van der Waals surface area contributed by atoms with Crippen LogP contribution in [-0.4, -0.2) is 0 Å². The Morgan fingerprint density at radius 1 is 1.00 bits per heavy atom. The molecule has 0 fully saturated rings. The zero-order valence-electron chi connectivity index (χ0n) is 6.93. The molecule has 2 rings (SSSR count). The van der Waals surface area contributed by atoms with Gasteiger partial charge in [0.2, 0.25) is 0 Å². The first-order valence-corrected chi connectivity index (χ1v) is 3.81. The molecule has 1 aliphatic rings. The zero-order valence-corrected chi connectivity index (χ0v) is 9.35. The number of para-hydroxylation sites is 1. The Kier molecular flexibility index (Phi) is 4.71. The number of allylic oxidation sites excluding steroid dienone is 2. The molecule has 0 aliphatic carbocycles. The fourth-order valence-electron chi connectivity index (χ4n) is 1.03. The van der Waals surface area contributed by atoms with Crippen molar-refractivity contribution in [3.05, 3.63) is 54.9 Å². The van der Waals surface area contributed by atoms with Crippen molar-refractivity contribution < 1.29 is 54.2 Å². The monoisotopic (exact) mass is 312 g/mol. The van der Waals surface area contributed by atoms with Crippen molar-refractivity contribution in [2.45, 2.75) is 0 Å². The van der Waals surface area contributed by atoms with Crippen LogP contribution < -0.4 is 5.06 Å². The summed E-state index contributed by atoms with van der Waals surface area (Å²) in [5.41, 5.74) is 1.03. The van der Waals surface area contributed by atoms with E-state index in [0.717, 1.165) is 5.69 Å². The first-order chi connectivity index (χ1) is 5.97. The number of rotatable bonds is 1. The van der Waals surface area contributed by atoms with Gasteiger partial charge >= 0.3 is 0 Å². The van der Waals surface area contributed by atoms with Crippen LogP contribution in [0.15, 0.2) is 54.9 Å². The molecule has 0 saturated heterocycles. The second-order valence-electron chi connectivity index (χ2n) is 2.44. The summed E-state index contributed by atoms with van der Waals surface area (Å²) < 4.78 is 0. The van der Waals surface area contributed by atoms with Gasteiger partial charge in [-0.2, -0.15) is 5.06 Å². The van der Waals surface area contributed by atoms with Crippen molar-refractivity contribution in [2.24, 2.45) is 0 Å². The summed E-state index contributed by atoms with van der Waals surface area (Å²) in [6.07, 6.45) is 7.29. The van der Waals surface area contributed by atoms with Crippen LogP contribution in [0, 0.1) is 49.4 Å². The molecule has 0 unspecified atom stereocenters. The average molecular weight is 311 g/mol. The molecule has 0 aromatic heterocycles. The van der Waals surface area contributed by atoms with Gasteiger partial charge in [0.05, 0.1) is 5.69 Å². The maximum Gasteiger partial charge on any atom is 0.120 e. The van der Waals surface area contributed by atoms with E-state index in [9.17, 15) is 0 Å². The number of nitrogens with zero attached hydrogens (tertiary/aromatic N) is 1. The van der Waals surface area contributed by atoms with Gasteiger partial charge < -0.3 is 4.84 Å². The smallest absolute Gasteiger partial charge is 0.120 e. The van der Waals surface area contributed by atoms with Gasteiger partial charge in [0.25, 0.3) is 0 Å². The zero-order chi connectivity index (χ0) is 8.23. The summed E-state index contributed by atoms with van der Waals surface area (Å²) in [7, 11) is 0. The van der Waals surface area contributed by atoms with Crippen LogP contribution in [-0.2, 0) is 4.84 Å². The minimum absolute atomic E-state index is 0. The van der Waals surface area contributed by atoms with E-state index in [1.807, 2.05) is 48.7 Å². The molecule has 0 amide bonds. The van der Waals surface area contributed by atoms with Gasteiger partial charge in [-0.1, -0.05) is 18.2 Å². The summed E-state index contributed by atoms with van der Waals surface area (Å²) in [5.74, 6) is 0. The molecule has 0 atom stereocenters. The second kappa shape index (κ2) is 5.58. The number of hydrogen-bond donors (Lipinski definition) is 0. The van der Waals surface area contributed by atoms with Gasteiger partial charge in [-0.25, -0.2) is 0 Å². The molecule has 0 bridgehead atoms. The Morgan fingerprint density at radius 3 is 2.38 bits per heavy atom. The van der Waals surface area contributed by atoms with Gasteiger partial charge in [-0.3, -0.25) is 0 Å². The fourth-order valence-corrected chi connectivity index (χ4v) is 1.03. The summed E-state index contributed by atoms with van der Waals surface area (Å²) in [6.45, 7) is 0. The van der Waals surface area contributed by atoms with Crippen molar-refractivity contribution in [1.82, 2.24) is 0 Å². The van der Waals surface area contributed by atoms with E-state index >= 15 is 0 Å². The second-order valence-corrected chi connectivity index (χ2v) is 2.44. The molecule has 1 heterocycles. The predicted molar refractivity (Wildman–Crippen MR) is 48.3 cm³/mol. The Balaban J connectivity index is 0.000000845. The average Bonchev–Trinajstić information content (AvgIpc) is 2.21. The van der Waals surface area contributed by atoms with Gasteiger partial charge in [-0.05, 0) is 24.3 Å². The predicted octanol–water partition coefficient (Wildman–Crippen LogP) is 2.47. The summed E-state index contributed by atoms with van der Waals surface area (Å²) in [5, 5.41) is 1.71. The van der Waals surface area contributed by atoms with E-state index in [-0.39, 0.29) is 49.4 Å². The normalized spacial score (nSPS) is 13.4. The number of hydrogen-bond acceptors (Lipinski definition) is 2. The van der Waals surface area contributed by atoms with Crippen LogP contribution in [0.1, 0.15) is 0 Å². The van der Waals surface area contributed by atoms with Crippen molar-refractivity contribution in [3.63, 3.8) is 0 Å². The van der Waals surface area contributed by atoms with E-state index in [2.05, 4.69) is 0 Å². The number of benzene rings is 1. The fraction of sp³-hybridized carbons (Fsp3) is 0. The Bertz CT molecular complexity index is 308. The standard InChI is InChI=1S/C10H9NO.Eu/c1-2-6-10(7-3-1)11-8-4-5-9-12-11;/h1-9H;. The van der Waals surface area contributed by atoms with Crippen LogP contribution in [0.2, 0.25) is 0 Å². The molecule has 2 nitrogen and oxygen atoms in total. The Labute approximate surface area is 118 Å². The molecule has 0 spiro atoms. The van der Waals surface area contributed by atoms with E-state index in [1.54, 1.807) is 11.3 Å². The Hall–Kier alpha value is -0.116. The van der Waals surface area contributed by atoms with Gasteiger partial charge in [0.1, 0.15) is 6.26 Å². The first kappa shape index (κ1) is 11.0. The minimum Gasteiger partial charge on any atom is -0.383 e. The third-order valence-corrected chi connectivity index (χ3v) is 1.60. The molecular formula is C10H9EuNO. The van der Waals surface area contributed by atoms with Gasteiger partial charge in [0.15, 0.2) is 0 Å². The molecule has 1 aromatic carbocycles. The van der Waals surface area contributed by atoms with Crippen LogP contribution in [0.4, 0.5) is 5.69 Å². The van der Waals surface area contributed by atoms with E-state index in [4.69, 9.17) is 4.84 Å². The van der Waals surface area contributed by atoms with E-state index in [1.165, 1.54) is 0 Å². The first-order valence-electron chi connectivity index (χ1n) is 3.81. The molecule has 67 valence electrons. The molecule has 1 aliphatic heterocycles. The Morgan fingerprint density at radius 2 is 1.77 bits per heavy atom. The molecule has 1 aromatic rings. The largest absolute Gasteiger partial charge is 0.383 e. The minimum atomic E-state index is 0. The molecule has 0 N–H and O–H groups in total. The van der Waals surface area contributed by atoms with Crippen molar-refractivity contribution in [1.29, 1.82) is 0 Å². The van der Waals surface area contributed by atoms with Gasteiger partial charge in [0, 0.05) is 55.6 Å². The van der Waals surface area contributed by atoms with Crippen LogP contribution >= 0.6 is 0 Å². The van der Waals surface area contributed by atoms with E-state index < -0.39 is 0 Å². The number of anilines is 1. The maximum absolute atomic E-state index is 5.23. The van der Waals surface area contributed by atoms with Crippen molar-refractivity contribution in [3.8, 4) is 0 Å². The topological polar surface area (TPSA) is 12.5 Å². The van der Waals surface area contributed by atoms with E-state index in [0.29, 0.717) is 0 Å². The van der Waals surface area contributed by atoms with Gasteiger partial charge in [-0.15, -0.1) is 0 Å². The SMILES string of the molecule is C1=CON(c2ccccc2)C=C1.[Eu]. The molecule has 0 saturated carbocycles. The van der Waals surface area contributed by atoms with Crippen LogP contribution in [0.25, 0.3) is 0 Å². The molecule has 13 heavy (non-hydrogen) atoms. The third kappa shape index (κ3) is 2.94. The van der Waals surface area contributed by atoms with Crippen molar-refractivity contribution >= 4 is 5.69 Å². The quantitative estimate of drug-likeness (QED) is 0.790. The maximum atomic E-state index is 5.23. The summed E-state index contributed by atoms with van der Waals surface area (Å²) >= 11 is 0. The summed E-state index contributed by atoms with van der Waals surface area (Å²) in [4.78, 5) is 5.23. The van der Waals surface area contributed by atoms with Crippen molar-refractivity contribution in [2.75, 3.05) is 5.06 Å². The van der Waals surface area contributed by atoms with Crippen LogP contribution in [0.3, 0.4) is 0 Å². The molecule has 1 radical (unpaired) electrons. The number of hydroxylamine groups is 1.